The maximum Gasteiger partial charge on any atom is 0.308 e. The number of aromatic nitrogens is 1. The summed E-state index contributed by atoms with van der Waals surface area (Å²) in [6.45, 7) is 7.63. The lowest BCUT2D eigenvalue weighted by Gasteiger charge is -2.31. The van der Waals surface area contributed by atoms with E-state index in [0.29, 0.717) is 21.3 Å². The summed E-state index contributed by atoms with van der Waals surface area (Å²) in [4.78, 5) is 58.5. The van der Waals surface area contributed by atoms with E-state index in [9.17, 15) is 19.2 Å². The van der Waals surface area contributed by atoms with E-state index in [2.05, 4.69) is 24.1 Å². The van der Waals surface area contributed by atoms with Crippen molar-refractivity contribution in [1.82, 2.24) is 4.57 Å². The molecule has 3 heterocycles. The van der Waals surface area contributed by atoms with Crippen molar-refractivity contribution in [3.63, 3.8) is 0 Å². The second-order valence-corrected chi connectivity index (χ2v) is 12.8. The van der Waals surface area contributed by atoms with Crippen LogP contribution in [0.4, 0.5) is 17.1 Å². The number of aryl methyl sites for hydroxylation is 1. The number of anilines is 3. The van der Waals surface area contributed by atoms with Crippen molar-refractivity contribution in [3.05, 3.63) is 105 Å². The van der Waals surface area contributed by atoms with Crippen molar-refractivity contribution >= 4 is 57.9 Å². The summed E-state index contributed by atoms with van der Waals surface area (Å²) in [6.07, 6.45) is 0. The number of amides is 3. The van der Waals surface area contributed by atoms with Crippen LogP contribution in [0, 0.1) is 12.8 Å². The SMILES string of the molecule is CCN(CC)c1ccc([C@H]2c3sc(=O)n(CC(=O)Nc4ccccc4C)c3SC3C(=O)N(c4ccccc4)C(=O)C32)cc1. The molecule has 43 heavy (non-hydrogen) atoms. The standard InChI is InChI=1S/C33H32N4O4S2/c1-4-35(5-2)22-17-15-21(16-18-22)26-27-28(31(40)37(30(27)39)23-12-7-6-8-13-23)42-32-29(26)43-33(41)36(32)19-25(38)34-24-14-10-9-11-20(24)3/h6-18,26-28H,4-5,19H2,1-3H3,(H,34,38)/t26-,27?,28?/m1/s1. The molecule has 0 radical (unpaired) electrons. The second-order valence-electron chi connectivity index (χ2n) is 10.6. The number of thiazole rings is 1. The van der Waals surface area contributed by atoms with Crippen molar-refractivity contribution in [2.24, 2.45) is 5.92 Å². The molecule has 2 aliphatic heterocycles. The third kappa shape index (κ3) is 5.19. The van der Waals surface area contributed by atoms with Crippen LogP contribution in [-0.4, -0.2) is 40.6 Å². The maximum atomic E-state index is 14.1. The molecular weight excluding hydrogens is 581 g/mol. The van der Waals surface area contributed by atoms with E-state index in [1.165, 1.54) is 21.2 Å². The summed E-state index contributed by atoms with van der Waals surface area (Å²) in [6, 6.07) is 24.5. The Morgan fingerprint density at radius 1 is 0.884 bits per heavy atom. The first kappa shape index (κ1) is 28.9. The molecule has 1 fully saturated rings. The third-order valence-electron chi connectivity index (χ3n) is 8.17. The van der Waals surface area contributed by atoms with Gasteiger partial charge in [-0.25, -0.2) is 4.90 Å². The Hall–Kier alpha value is -4.15. The number of nitrogens with zero attached hydrogens (tertiary/aromatic N) is 3. The number of para-hydroxylation sites is 2. The van der Waals surface area contributed by atoms with Gasteiger partial charge in [-0.15, -0.1) is 0 Å². The van der Waals surface area contributed by atoms with Crippen LogP contribution in [0.1, 0.15) is 35.8 Å². The van der Waals surface area contributed by atoms with Gasteiger partial charge in [0.25, 0.3) is 0 Å². The van der Waals surface area contributed by atoms with E-state index in [-0.39, 0.29) is 29.1 Å². The zero-order valence-electron chi connectivity index (χ0n) is 24.2. The van der Waals surface area contributed by atoms with Gasteiger partial charge in [0.05, 0.1) is 16.6 Å². The number of hydrogen-bond donors (Lipinski definition) is 1. The number of thioether (sulfide) groups is 1. The first-order chi connectivity index (χ1) is 20.8. The second kappa shape index (κ2) is 11.9. The van der Waals surface area contributed by atoms with Gasteiger partial charge in [0, 0.05) is 35.3 Å². The minimum absolute atomic E-state index is 0.193. The number of carbonyl (C=O) groups is 3. The lowest BCUT2D eigenvalue weighted by atomic mass is 9.83. The zero-order valence-corrected chi connectivity index (χ0v) is 25.8. The summed E-state index contributed by atoms with van der Waals surface area (Å²) in [5.41, 5.74) is 4.05. The number of carbonyl (C=O) groups excluding carboxylic acids is 3. The lowest BCUT2D eigenvalue weighted by molar-refractivity contribution is -0.122. The molecule has 3 aromatic carbocycles. The van der Waals surface area contributed by atoms with Crippen molar-refractivity contribution < 1.29 is 14.4 Å². The van der Waals surface area contributed by atoms with Gasteiger partial charge in [-0.05, 0) is 62.2 Å². The van der Waals surface area contributed by atoms with Gasteiger partial charge >= 0.3 is 4.87 Å². The molecule has 220 valence electrons. The summed E-state index contributed by atoms with van der Waals surface area (Å²) < 4.78 is 1.45. The Kier molecular flexibility index (Phi) is 7.98. The summed E-state index contributed by atoms with van der Waals surface area (Å²) in [7, 11) is 0. The number of benzene rings is 3. The summed E-state index contributed by atoms with van der Waals surface area (Å²) in [5.74, 6) is -2.11. The Morgan fingerprint density at radius 3 is 2.23 bits per heavy atom. The fourth-order valence-corrected chi connectivity index (χ4v) is 8.75. The van der Waals surface area contributed by atoms with Gasteiger partial charge in [0.2, 0.25) is 17.7 Å². The van der Waals surface area contributed by atoms with E-state index < -0.39 is 17.1 Å². The molecule has 0 saturated carbocycles. The van der Waals surface area contributed by atoms with Gasteiger partial charge in [-0.1, -0.05) is 71.6 Å². The van der Waals surface area contributed by atoms with E-state index >= 15 is 0 Å². The quantitative estimate of drug-likeness (QED) is 0.264. The van der Waals surface area contributed by atoms with Crippen LogP contribution >= 0.6 is 23.1 Å². The van der Waals surface area contributed by atoms with E-state index in [0.717, 1.165) is 41.2 Å². The predicted molar refractivity (Wildman–Crippen MR) is 172 cm³/mol. The van der Waals surface area contributed by atoms with Gasteiger partial charge in [0.1, 0.15) is 11.8 Å². The van der Waals surface area contributed by atoms with Gasteiger partial charge in [0.15, 0.2) is 0 Å². The minimum Gasteiger partial charge on any atom is -0.372 e. The molecule has 10 heteroatoms. The fraction of sp³-hybridized carbons (Fsp3) is 0.273. The molecule has 0 spiro atoms. The highest BCUT2D eigenvalue weighted by molar-refractivity contribution is 8.00. The fourth-order valence-electron chi connectivity index (χ4n) is 5.97. The molecule has 0 aliphatic carbocycles. The number of imide groups is 1. The van der Waals surface area contributed by atoms with Gasteiger partial charge in [-0.2, -0.15) is 0 Å². The van der Waals surface area contributed by atoms with Crippen LogP contribution in [-0.2, 0) is 20.9 Å². The molecule has 6 rings (SSSR count). The molecule has 3 amide bonds. The predicted octanol–water partition coefficient (Wildman–Crippen LogP) is 5.50. The molecule has 3 atom stereocenters. The lowest BCUT2D eigenvalue weighted by Crippen LogP contribution is -2.33. The molecule has 4 aromatic rings. The Labute approximate surface area is 258 Å². The normalized spacial score (nSPS) is 19.2. The van der Waals surface area contributed by atoms with Crippen molar-refractivity contribution in [2.75, 3.05) is 28.2 Å². The molecule has 1 saturated heterocycles. The minimum atomic E-state index is -0.729. The smallest absolute Gasteiger partial charge is 0.308 e. The molecule has 2 aliphatic rings. The number of rotatable bonds is 8. The molecule has 1 N–H and O–H groups in total. The van der Waals surface area contributed by atoms with Crippen LogP contribution in [0.25, 0.3) is 0 Å². The van der Waals surface area contributed by atoms with Crippen LogP contribution in [0.3, 0.4) is 0 Å². The zero-order chi connectivity index (χ0) is 30.2. The summed E-state index contributed by atoms with van der Waals surface area (Å²) >= 11 is 2.28. The maximum absolute atomic E-state index is 14.1. The van der Waals surface area contributed by atoms with E-state index in [1.807, 2.05) is 61.5 Å². The Balaban J connectivity index is 1.42. The van der Waals surface area contributed by atoms with Crippen LogP contribution in [0.5, 0.6) is 0 Å². The average molecular weight is 613 g/mol. The molecular formula is C33H32N4O4S2. The molecule has 2 unspecified atom stereocenters. The van der Waals surface area contributed by atoms with Crippen LogP contribution in [0.15, 0.2) is 88.7 Å². The van der Waals surface area contributed by atoms with E-state index in [1.54, 1.807) is 24.3 Å². The number of nitrogens with one attached hydrogen (secondary N) is 1. The van der Waals surface area contributed by atoms with Gasteiger partial charge in [-0.3, -0.25) is 23.7 Å². The van der Waals surface area contributed by atoms with Crippen LogP contribution < -0.4 is 20.0 Å². The van der Waals surface area contributed by atoms with Crippen molar-refractivity contribution in [2.45, 2.75) is 43.5 Å². The first-order valence-electron chi connectivity index (χ1n) is 14.4. The number of fused-ring (bicyclic) bond motifs is 2. The average Bonchev–Trinajstić information content (AvgIpc) is 3.46. The van der Waals surface area contributed by atoms with Crippen molar-refractivity contribution in [1.29, 1.82) is 0 Å². The monoisotopic (exact) mass is 612 g/mol. The highest BCUT2D eigenvalue weighted by Crippen LogP contribution is 2.54. The molecule has 1 aromatic heterocycles. The summed E-state index contributed by atoms with van der Waals surface area (Å²) in [5, 5.41) is 2.75. The Morgan fingerprint density at radius 2 is 1.56 bits per heavy atom. The molecule has 0 bridgehead atoms. The van der Waals surface area contributed by atoms with E-state index in [4.69, 9.17) is 0 Å². The Bertz CT molecular complexity index is 1740. The third-order valence-corrected chi connectivity index (χ3v) is 10.8. The first-order valence-corrected chi connectivity index (χ1v) is 16.0. The topological polar surface area (TPSA) is 91.7 Å². The van der Waals surface area contributed by atoms with Crippen LogP contribution in [0.2, 0.25) is 0 Å². The largest absolute Gasteiger partial charge is 0.372 e. The molecule has 8 nitrogen and oxygen atoms in total. The van der Waals surface area contributed by atoms with Gasteiger partial charge < -0.3 is 10.2 Å². The highest BCUT2D eigenvalue weighted by atomic mass is 32.2. The van der Waals surface area contributed by atoms with Crippen molar-refractivity contribution in [3.8, 4) is 0 Å². The number of hydrogen-bond acceptors (Lipinski definition) is 7. The highest BCUT2D eigenvalue weighted by Gasteiger charge is 2.56.